The van der Waals surface area contributed by atoms with Crippen LogP contribution in [0.4, 0.5) is 0 Å². The third-order valence-corrected chi connectivity index (χ3v) is 0. The van der Waals surface area contributed by atoms with E-state index in [1.54, 1.807) is 0 Å². The van der Waals surface area contributed by atoms with Gasteiger partial charge in [0.15, 0.2) is 0 Å². The second kappa shape index (κ2) is 32.1. The summed E-state index contributed by atoms with van der Waals surface area (Å²) >= 11 is 0. The fraction of sp³-hybridized carbons (Fsp3) is 0. The van der Waals surface area contributed by atoms with E-state index in [-0.39, 0.29) is 86.7 Å². The first kappa shape index (κ1) is 52.1. The predicted octanol–water partition coefficient (Wildman–Crippen LogP) is -3.12. The van der Waals surface area contributed by atoms with Gasteiger partial charge < -0.3 is 11.6 Å². The molecule has 0 aliphatic carbocycles. The van der Waals surface area contributed by atoms with E-state index in [9.17, 15) is 0 Å². The molecule has 24 valence electrons. The third-order valence-electron chi connectivity index (χ3n) is 0. The summed E-state index contributed by atoms with van der Waals surface area (Å²) in [6.07, 6.45) is 0. The molecule has 0 aromatic carbocycles. The molecular formula is H4NNaOSbW+3. The van der Waals surface area contributed by atoms with Gasteiger partial charge in [-0.3, -0.25) is 0 Å². The Balaban J connectivity index is 0. The van der Waals surface area contributed by atoms with Crippen LogP contribution in [0.2, 0.25) is 0 Å². The van der Waals surface area contributed by atoms with Gasteiger partial charge >= 0.3 is 54.0 Å². The molecule has 0 rings (SSSR count). The Labute approximate surface area is 85.4 Å². The average Bonchev–Trinajstić information content (AvgIpc) is 0. The van der Waals surface area contributed by atoms with Crippen molar-refractivity contribution in [3.8, 4) is 0 Å². The van der Waals surface area contributed by atoms with Crippen molar-refractivity contribution >= 4 is 24.4 Å². The number of hydrogen-bond acceptors (Lipinski definition) is 0. The van der Waals surface area contributed by atoms with Gasteiger partial charge in [0, 0.05) is 21.1 Å². The number of hydrogen-bond donors (Lipinski definition) is 1. The minimum Gasteiger partial charge on any atom is -2.00 e. The summed E-state index contributed by atoms with van der Waals surface area (Å²) in [5, 5.41) is 0. The van der Waals surface area contributed by atoms with Crippen LogP contribution >= 0.6 is 0 Å². The summed E-state index contributed by atoms with van der Waals surface area (Å²) in [5.41, 5.74) is 0. The SMILES string of the molecule is [NH4+].[Na+].[O-2].[Sb+3].[W]. The normalized spacial score (nSPS) is 0. The first-order valence-corrected chi connectivity index (χ1v) is 0. The first-order valence-electron chi connectivity index (χ1n) is 0. The van der Waals surface area contributed by atoms with Gasteiger partial charge in [-0.15, -0.1) is 0 Å². The number of quaternary nitrogens is 1. The maximum Gasteiger partial charge on any atom is 3.00 e. The molecule has 0 aromatic heterocycles. The van der Waals surface area contributed by atoms with Crippen molar-refractivity contribution in [1.82, 2.24) is 6.15 Å². The van der Waals surface area contributed by atoms with Crippen molar-refractivity contribution in [2.45, 2.75) is 0 Å². The monoisotopic (exact) mass is 362 g/mol. The van der Waals surface area contributed by atoms with Crippen molar-refractivity contribution < 1.29 is 56.1 Å². The van der Waals surface area contributed by atoms with Crippen LogP contribution in [-0.2, 0) is 26.5 Å². The molecule has 0 bridgehead atoms. The van der Waals surface area contributed by atoms with E-state index in [0.717, 1.165) is 0 Å². The maximum absolute atomic E-state index is 0. The van der Waals surface area contributed by atoms with Crippen LogP contribution in [0.3, 0.4) is 0 Å². The van der Waals surface area contributed by atoms with Gasteiger partial charge in [0.05, 0.1) is 0 Å². The van der Waals surface area contributed by atoms with Crippen molar-refractivity contribution in [1.29, 1.82) is 0 Å². The summed E-state index contributed by atoms with van der Waals surface area (Å²) in [6.45, 7) is 0. The zero-order valence-corrected chi connectivity index (χ0v) is 10.7. The molecule has 2 radical (unpaired) electrons. The van der Waals surface area contributed by atoms with E-state index in [0.29, 0.717) is 0 Å². The topological polar surface area (TPSA) is 65.0 Å². The van der Waals surface area contributed by atoms with Crippen LogP contribution < -0.4 is 35.7 Å². The summed E-state index contributed by atoms with van der Waals surface area (Å²) < 4.78 is 0. The molecule has 0 amide bonds. The Morgan fingerprint density at radius 1 is 1.00 bits per heavy atom. The van der Waals surface area contributed by atoms with Crippen LogP contribution in [0.25, 0.3) is 0 Å². The molecule has 0 aliphatic rings. The molecule has 5 heavy (non-hydrogen) atoms. The van der Waals surface area contributed by atoms with E-state index in [1.165, 1.54) is 0 Å². The molecule has 0 aliphatic heterocycles. The van der Waals surface area contributed by atoms with Crippen LogP contribution in [-0.4, -0.2) is 24.4 Å². The van der Waals surface area contributed by atoms with Crippen molar-refractivity contribution in [2.24, 2.45) is 0 Å². The smallest absolute Gasteiger partial charge is 2.00 e. The molecule has 4 N–H and O–H groups in total. The van der Waals surface area contributed by atoms with Crippen molar-refractivity contribution in [3.63, 3.8) is 0 Å². The Morgan fingerprint density at radius 2 is 1.00 bits per heavy atom. The van der Waals surface area contributed by atoms with Crippen LogP contribution in [0.5, 0.6) is 0 Å². The largest absolute Gasteiger partial charge is 3.00 e. The quantitative estimate of drug-likeness (QED) is 0.443. The van der Waals surface area contributed by atoms with Gasteiger partial charge in [0.2, 0.25) is 0 Å². The second-order valence-electron chi connectivity index (χ2n) is 0. The summed E-state index contributed by atoms with van der Waals surface area (Å²) in [7, 11) is 0. The molecule has 0 unspecified atom stereocenters. The first-order chi connectivity index (χ1) is 0. The third kappa shape index (κ3) is 21.4. The Kier molecular flexibility index (Phi) is 335. The van der Waals surface area contributed by atoms with Gasteiger partial charge in [0.1, 0.15) is 0 Å². The summed E-state index contributed by atoms with van der Waals surface area (Å²) in [5.74, 6) is 0. The molecule has 0 spiro atoms. The molecular weight excluding hydrogens is 359 g/mol. The Morgan fingerprint density at radius 3 is 1.00 bits per heavy atom. The summed E-state index contributed by atoms with van der Waals surface area (Å²) in [6, 6.07) is 0. The molecule has 5 heteroatoms. The van der Waals surface area contributed by atoms with Gasteiger partial charge in [-0.05, 0) is 0 Å². The van der Waals surface area contributed by atoms with Gasteiger partial charge in [-0.2, -0.15) is 0 Å². The average molecular weight is 363 g/mol. The van der Waals surface area contributed by atoms with E-state index < -0.39 is 0 Å². The molecule has 0 aromatic rings. The maximum atomic E-state index is 0. The van der Waals surface area contributed by atoms with Gasteiger partial charge in [0.25, 0.3) is 0 Å². The zero-order chi connectivity index (χ0) is 0. The molecule has 0 atom stereocenters. The second-order valence-corrected chi connectivity index (χ2v) is 0. The van der Waals surface area contributed by atoms with Crippen LogP contribution in [0.15, 0.2) is 0 Å². The van der Waals surface area contributed by atoms with E-state index >= 15 is 0 Å². The van der Waals surface area contributed by atoms with Gasteiger partial charge in [-0.25, -0.2) is 0 Å². The molecule has 0 fully saturated rings. The summed E-state index contributed by atoms with van der Waals surface area (Å²) in [4.78, 5) is 0. The molecule has 2 nitrogen and oxygen atoms in total. The van der Waals surface area contributed by atoms with Crippen LogP contribution in [0, 0.1) is 0 Å². The predicted molar refractivity (Wildman–Crippen MR) is 12.4 cm³/mol. The molecule has 0 saturated heterocycles. The standard InChI is InChI=1S/H3N.Na.O.Sb.W/h1H3;;;;/q;+1;-2;+3;/p+1. The van der Waals surface area contributed by atoms with Crippen LogP contribution in [0.1, 0.15) is 0 Å². The van der Waals surface area contributed by atoms with Gasteiger partial charge in [-0.1, -0.05) is 0 Å². The minimum absolute atomic E-state index is 0. The zero-order valence-electron chi connectivity index (χ0n) is 3.26. The van der Waals surface area contributed by atoms with E-state index in [1.807, 2.05) is 0 Å². The number of rotatable bonds is 0. The Bertz CT molecular complexity index is 11.6. The van der Waals surface area contributed by atoms with Crippen molar-refractivity contribution in [2.75, 3.05) is 0 Å². The molecule has 0 heterocycles. The van der Waals surface area contributed by atoms with Crippen molar-refractivity contribution in [3.05, 3.63) is 0 Å². The Hall–Kier alpha value is 2.43. The van der Waals surface area contributed by atoms with E-state index in [2.05, 4.69) is 0 Å². The fourth-order valence-corrected chi connectivity index (χ4v) is 0. The molecule has 0 saturated carbocycles. The van der Waals surface area contributed by atoms with E-state index in [4.69, 9.17) is 0 Å². The fourth-order valence-electron chi connectivity index (χ4n) is 0. The minimum atomic E-state index is 0.